The summed E-state index contributed by atoms with van der Waals surface area (Å²) in [5.41, 5.74) is 3.34. The Morgan fingerprint density at radius 3 is 2.35 bits per heavy atom. The van der Waals surface area contributed by atoms with E-state index in [0.29, 0.717) is 38.1 Å². The molecule has 1 aromatic rings. The number of nitrogens with one attached hydrogen (secondary N) is 3. The second-order valence-corrected chi connectivity index (χ2v) is 9.60. The highest BCUT2D eigenvalue weighted by Crippen LogP contribution is 2.22. The number of benzene rings is 1. The Morgan fingerprint density at radius 2 is 1.71 bits per heavy atom. The maximum atomic E-state index is 12.7. The zero-order valence-corrected chi connectivity index (χ0v) is 20.6. The van der Waals surface area contributed by atoms with Crippen molar-refractivity contribution in [2.45, 2.75) is 103 Å². The third-order valence-electron chi connectivity index (χ3n) is 6.02. The number of hydrogen-bond acceptors (Lipinski definition) is 6. The molecule has 1 unspecified atom stereocenters. The summed E-state index contributed by atoms with van der Waals surface area (Å²) in [7, 11) is 0. The van der Waals surface area contributed by atoms with E-state index >= 15 is 0 Å². The summed E-state index contributed by atoms with van der Waals surface area (Å²) in [6.07, 6.45) is 8.78. The molecule has 1 atom stereocenters. The molecule has 1 aliphatic carbocycles. The fourth-order valence-corrected chi connectivity index (χ4v) is 4.19. The molecule has 8 heteroatoms. The standard InChI is InChI=1S/C26H41N3O5/c1-19(2)16-23(26(32)34-22-12-7-8-13-22)27-18-20-10-9-11-21(17-20)28-24(30)14-5-3-4-6-15-25(31)29-33/h9-11,17,19,22-23,27,33H,3-8,12-16,18H2,1-2H3,(H,28,30)(H,29,31). The molecular weight excluding hydrogens is 434 g/mol. The maximum absolute atomic E-state index is 12.7. The van der Waals surface area contributed by atoms with Gasteiger partial charge in [0, 0.05) is 25.1 Å². The number of unbranched alkanes of at least 4 members (excludes halogenated alkanes) is 3. The number of amides is 2. The van der Waals surface area contributed by atoms with Crippen molar-refractivity contribution in [3.8, 4) is 0 Å². The number of esters is 1. The minimum atomic E-state index is -0.381. The highest BCUT2D eigenvalue weighted by molar-refractivity contribution is 5.90. The maximum Gasteiger partial charge on any atom is 0.323 e. The van der Waals surface area contributed by atoms with Crippen LogP contribution in [-0.4, -0.2) is 35.1 Å². The van der Waals surface area contributed by atoms with Crippen LogP contribution in [0.15, 0.2) is 24.3 Å². The van der Waals surface area contributed by atoms with E-state index in [1.165, 1.54) is 0 Å². The van der Waals surface area contributed by atoms with Crippen LogP contribution < -0.4 is 16.1 Å². The van der Waals surface area contributed by atoms with Crippen molar-refractivity contribution in [3.63, 3.8) is 0 Å². The summed E-state index contributed by atoms with van der Waals surface area (Å²) in [6.45, 7) is 4.71. The van der Waals surface area contributed by atoms with Gasteiger partial charge in [0.05, 0.1) is 0 Å². The normalized spacial score (nSPS) is 14.7. The lowest BCUT2D eigenvalue weighted by atomic mass is 10.0. The van der Waals surface area contributed by atoms with E-state index in [2.05, 4.69) is 24.5 Å². The first-order valence-corrected chi connectivity index (χ1v) is 12.6. The number of hydrogen-bond donors (Lipinski definition) is 4. The Labute approximate surface area is 203 Å². The Balaban J connectivity index is 1.76. The molecule has 1 aromatic carbocycles. The Bertz CT molecular complexity index is 777. The van der Waals surface area contributed by atoms with Crippen molar-refractivity contribution < 1.29 is 24.3 Å². The van der Waals surface area contributed by atoms with Crippen molar-refractivity contribution in [2.24, 2.45) is 5.92 Å². The Hall–Kier alpha value is -2.45. The van der Waals surface area contributed by atoms with Gasteiger partial charge in [-0.05, 0) is 68.6 Å². The van der Waals surface area contributed by atoms with E-state index in [4.69, 9.17) is 9.94 Å². The minimum Gasteiger partial charge on any atom is -0.461 e. The molecule has 0 saturated heterocycles. The molecule has 0 bridgehead atoms. The van der Waals surface area contributed by atoms with Crippen molar-refractivity contribution in [2.75, 3.05) is 5.32 Å². The van der Waals surface area contributed by atoms with Gasteiger partial charge in [-0.15, -0.1) is 0 Å². The van der Waals surface area contributed by atoms with Crippen molar-refractivity contribution in [3.05, 3.63) is 29.8 Å². The quantitative estimate of drug-likeness (QED) is 0.129. The van der Waals surface area contributed by atoms with Crippen LogP contribution >= 0.6 is 0 Å². The van der Waals surface area contributed by atoms with E-state index in [1.807, 2.05) is 24.3 Å². The van der Waals surface area contributed by atoms with Gasteiger partial charge in [-0.1, -0.05) is 38.8 Å². The van der Waals surface area contributed by atoms with E-state index in [9.17, 15) is 14.4 Å². The number of rotatable bonds is 15. The fourth-order valence-electron chi connectivity index (χ4n) is 4.19. The highest BCUT2D eigenvalue weighted by Gasteiger charge is 2.26. The predicted molar refractivity (Wildman–Crippen MR) is 131 cm³/mol. The van der Waals surface area contributed by atoms with Crippen molar-refractivity contribution >= 4 is 23.5 Å². The summed E-state index contributed by atoms with van der Waals surface area (Å²) in [5, 5.41) is 14.8. The smallest absolute Gasteiger partial charge is 0.323 e. The summed E-state index contributed by atoms with van der Waals surface area (Å²) in [4.78, 5) is 35.9. The highest BCUT2D eigenvalue weighted by atomic mass is 16.5. The third-order valence-corrected chi connectivity index (χ3v) is 6.02. The van der Waals surface area contributed by atoms with Gasteiger partial charge in [0.1, 0.15) is 12.1 Å². The van der Waals surface area contributed by atoms with E-state index in [0.717, 1.165) is 56.2 Å². The Morgan fingerprint density at radius 1 is 1.03 bits per heavy atom. The average Bonchev–Trinajstić information content (AvgIpc) is 3.31. The molecule has 34 heavy (non-hydrogen) atoms. The lowest BCUT2D eigenvalue weighted by Gasteiger charge is -2.22. The lowest BCUT2D eigenvalue weighted by molar-refractivity contribution is -0.151. The SMILES string of the molecule is CC(C)CC(NCc1cccc(NC(=O)CCCCCCC(=O)NO)c1)C(=O)OC1CCCC1. The molecule has 0 aliphatic heterocycles. The molecule has 2 rings (SSSR count). The zero-order valence-electron chi connectivity index (χ0n) is 20.6. The molecule has 0 aromatic heterocycles. The van der Waals surface area contributed by atoms with Gasteiger partial charge in [0.2, 0.25) is 11.8 Å². The van der Waals surface area contributed by atoms with Gasteiger partial charge in [0.15, 0.2) is 0 Å². The summed E-state index contributed by atoms with van der Waals surface area (Å²) in [6, 6.07) is 7.30. The first-order valence-electron chi connectivity index (χ1n) is 12.6. The van der Waals surface area contributed by atoms with Crippen LogP contribution in [0.5, 0.6) is 0 Å². The molecule has 1 fully saturated rings. The van der Waals surface area contributed by atoms with Gasteiger partial charge >= 0.3 is 5.97 Å². The monoisotopic (exact) mass is 475 g/mol. The van der Waals surface area contributed by atoms with Crippen LogP contribution in [-0.2, 0) is 25.7 Å². The fraction of sp³-hybridized carbons (Fsp3) is 0.654. The second-order valence-electron chi connectivity index (χ2n) is 9.60. The van der Waals surface area contributed by atoms with E-state index in [-0.39, 0.29) is 29.9 Å². The Kier molecular flexibility index (Phi) is 12.6. The van der Waals surface area contributed by atoms with Gasteiger partial charge < -0.3 is 15.4 Å². The number of anilines is 1. The van der Waals surface area contributed by atoms with Crippen LogP contribution in [0.2, 0.25) is 0 Å². The van der Waals surface area contributed by atoms with Gasteiger partial charge in [-0.25, -0.2) is 5.48 Å². The van der Waals surface area contributed by atoms with Crippen LogP contribution in [0.1, 0.15) is 90.0 Å². The van der Waals surface area contributed by atoms with Crippen LogP contribution in [0.4, 0.5) is 5.69 Å². The molecule has 1 aliphatic rings. The molecular formula is C26H41N3O5. The van der Waals surface area contributed by atoms with Crippen LogP contribution in [0.25, 0.3) is 0 Å². The molecule has 4 N–H and O–H groups in total. The molecule has 1 saturated carbocycles. The predicted octanol–water partition coefficient (Wildman–Crippen LogP) is 4.46. The van der Waals surface area contributed by atoms with Crippen molar-refractivity contribution in [1.29, 1.82) is 0 Å². The second kappa shape index (κ2) is 15.5. The molecule has 0 spiro atoms. The number of ether oxygens (including phenoxy) is 1. The summed E-state index contributed by atoms with van der Waals surface area (Å²) in [5.74, 6) is -0.225. The summed E-state index contributed by atoms with van der Waals surface area (Å²) < 4.78 is 5.73. The van der Waals surface area contributed by atoms with Gasteiger partial charge in [-0.2, -0.15) is 0 Å². The lowest BCUT2D eigenvalue weighted by Crippen LogP contribution is -2.40. The van der Waals surface area contributed by atoms with Crippen LogP contribution in [0, 0.1) is 5.92 Å². The topological polar surface area (TPSA) is 117 Å². The third kappa shape index (κ3) is 11.1. The van der Waals surface area contributed by atoms with Gasteiger partial charge in [0.25, 0.3) is 0 Å². The van der Waals surface area contributed by atoms with Crippen LogP contribution in [0.3, 0.4) is 0 Å². The first kappa shape index (κ1) is 27.8. The van der Waals surface area contributed by atoms with Crippen molar-refractivity contribution in [1.82, 2.24) is 10.8 Å². The largest absolute Gasteiger partial charge is 0.461 e. The molecule has 8 nitrogen and oxygen atoms in total. The number of hydroxylamine groups is 1. The molecule has 2 amide bonds. The minimum absolute atomic E-state index is 0.0453. The molecule has 0 radical (unpaired) electrons. The summed E-state index contributed by atoms with van der Waals surface area (Å²) >= 11 is 0. The number of carbonyl (C=O) groups excluding carboxylic acids is 3. The first-order chi connectivity index (χ1) is 16.4. The zero-order chi connectivity index (χ0) is 24.8. The molecule has 190 valence electrons. The molecule has 0 heterocycles. The van der Waals surface area contributed by atoms with E-state index < -0.39 is 0 Å². The number of carbonyl (C=O) groups is 3. The van der Waals surface area contributed by atoms with E-state index in [1.54, 1.807) is 5.48 Å². The van der Waals surface area contributed by atoms with Gasteiger partial charge in [-0.3, -0.25) is 19.6 Å². The average molecular weight is 476 g/mol.